The maximum Gasteiger partial charge on any atom is 0.123 e. The average molecular weight is 245 g/mol. The second kappa shape index (κ2) is 5.65. The summed E-state index contributed by atoms with van der Waals surface area (Å²) in [6.45, 7) is 2.36. The van der Waals surface area contributed by atoms with Crippen molar-refractivity contribution in [2.45, 2.75) is 13.0 Å². The van der Waals surface area contributed by atoms with Crippen LogP contribution in [0.5, 0.6) is 5.75 Å². The Balaban J connectivity index is 1.98. The first-order valence-corrected chi connectivity index (χ1v) is 5.86. The first kappa shape index (κ1) is 12.6. The van der Waals surface area contributed by atoms with E-state index in [0.29, 0.717) is 6.61 Å². The highest BCUT2D eigenvalue weighted by Crippen LogP contribution is 2.18. The van der Waals surface area contributed by atoms with Crippen molar-refractivity contribution in [1.29, 1.82) is 0 Å². The van der Waals surface area contributed by atoms with Gasteiger partial charge in [0.25, 0.3) is 0 Å². The molecule has 0 fully saturated rings. The number of benzene rings is 2. The number of aryl methyl sites for hydroxylation is 1. The predicted molar refractivity (Wildman–Crippen MR) is 70.0 cm³/mol. The van der Waals surface area contributed by atoms with Crippen molar-refractivity contribution in [2.75, 3.05) is 6.61 Å². The molecule has 2 N–H and O–H groups in total. The molecule has 0 amide bonds. The van der Waals surface area contributed by atoms with Crippen LogP contribution in [0, 0.1) is 12.7 Å². The number of para-hydroxylation sites is 1. The van der Waals surface area contributed by atoms with E-state index in [9.17, 15) is 4.39 Å². The molecule has 0 bridgehead atoms. The van der Waals surface area contributed by atoms with E-state index in [1.54, 1.807) is 12.1 Å². The van der Waals surface area contributed by atoms with Crippen LogP contribution in [0.4, 0.5) is 4.39 Å². The van der Waals surface area contributed by atoms with Crippen LogP contribution in [0.15, 0.2) is 48.5 Å². The summed E-state index contributed by atoms with van der Waals surface area (Å²) in [5.74, 6) is 0.570. The quantitative estimate of drug-likeness (QED) is 0.897. The number of ether oxygens (including phenoxy) is 1. The molecule has 2 rings (SSSR count). The minimum Gasteiger partial charge on any atom is -0.491 e. The van der Waals surface area contributed by atoms with Crippen molar-refractivity contribution in [3.8, 4) is 5.75 Å². The van der Waals surface area contributed by atoms with Crippen molar-refractivity contribution in [3.05, 3.63) is 65.5 Å². The third-order valence-electron chi connectivity index (χ3n) is 2.81. The largest absolute Gasteiger partial charge is 0.491 e. The van der Waals surface area contributed by atoms with Crippen LogP contribution in [0.2, 0.25) is 0 Å². The molecular weight excluding hydrogens is 229 g/mol. The zero-order valence-electron chi connectivity index (χ0n) is 10.3. The lowest BCUT2D eigenvalue weighted by Gasteiger charge is -2.14. The summed E-state index contributed by atoms with van der Waals surface area (Å²) in [7, 11) is 0. The van der Waals surface area contributed by atoms with Crippen LogP contribution in [0.3, 0.4) is 0 Å². The van der Waals surface area contributed by atoms with Crippen LogP contribution in [-0.2, 0) is 0 Å². The summed E-state index contributed by atoms with van der Waals surface area (Å²) in [6, 6.07) is 13.7. The fourth-order valence-electron chi connectivity index (χ4n) is 1.70. The molecule has 1 unspecified atom stereocenters. The van der Waals surface area contributed by atoms with Gasteiger partial charge in [-0.2, -0.15) is 0 Å². The zero-order valence-corrected chi connectivity index (χ0v) is 10.3. The van der Waals surface area contributed by atoms with E-state index in [-0.39, 0.29) is 11.9 Å². The van der Waals surface area contributed by atoms with Crippen LogP contribution in [-0.4, -0.2) is 6.61 Å². The van der Waals surface area contributed by atoms with Crippen molar-refractivity contribution in [1.82, 2.24) is 0 Å². The summed E-state index contributed by atoms with van der Waals surface area (Å²) in [5.41, 5.74) is 7.93. The molecular formula is C15H16FNO. The van der Waals surface area contributed by atoms with Crippen LogP contribution >= 0.6 is 0 Å². The van der Waals surface area contributed by atoms with Crippen LogP contribution < -0.4 is 10.5 Å². The summed E-state index contributed by atoms with van der Waals surface area (Å²) in [5, 5.41) is 0. The minimum absolute atomic E-state index is 0.259. The second-order valence-electron chi connectivity index (χ2n) is 4.23. The van der Waals surface area contributed by atoms with Gasteiger partial charge in [0, 0.05) is 0 Å². The number of halogens is 1. The van der Waals surface area contributed by atoms with E-state index in [4.69, 9.17) is 10.5 Å². The van der Waals surface area contributed by atoms with E-state index in [0.717, 1.165) is 16.9 Å². The molecule has 18 heavy (non-hydrogen) atoms. The minimum atomic E-state index is -0.259. The van der Waals surface area contributed by atoms with Gasteiger partial charge in [-0.25, -0.2) is 4.39 Å². The molecule has 0 aliphatic heterocycles. The smallest absolute Gasteiger partial charge is 0.123 e. The topological polar surface area (TPSA) is 35.2 Å². The van der Waals surface area contributed by atoms with Crippen molar-refractivity contribution in [3.63, 3.8) is 0 Å². The molecule has 0 aliphatic rings. The van der Waals surface area contributed by atoms with Gasteiger partial charge in [0.2, 0.25) is 0 Å². The van der Waals surface area contributed by atoms with Crippen LogP contribution in [0.25, 0.3) is 0 Å². The summed E-state index contributed by atoms with van der Waals surface area (Å²) in [4.78, 5) is 0. The lowest BCUT2D eigenvalue weighted by Crippen LogP contribution is -2.19. The van der Waals surface area contributed by atoms with Crippen LogP contribution in [0.1, 0.15) is 17.2 Å². The fourth-order valence-corrected chi connectivity index (χ4v) is 1.70. The van der Waals surface area contributed by atoms with E-state index in [2.05, 4.69) is 0 Å². The standard InChI is InChI=1S/C15H16FNO/c1-11-4-2-3-5-15(11)18-10-14(17)12-6-8-13(16)9-7-12/h2-9,14H,10,17H2,1H3. The lowest BCUT2D eigenvalue weighted by atomic mass is 10.1. The number of rotatable bonds is 4. The molecule has 0 heterocycles. The Morgan fingerprint density at radius 2 is 1.78 bits per heavy atom. The SMILES string of the molecule is Cc1ccccc1OCC(N)c1ccc(F)cc1. The highest BCUT2D eigenvalue weighted by atomic mass is 19.1. The summed E-state index contributed by atoms with van der Waals surface area (Å²) >= 11 is 0. The number of nitrogens with two attached hydrogens (primary N) is 1. The molecule has 2 aromatic rings. The van der Waals surface area contributed by atoms with Gasteiger partial charge in [0.1, 0.15) is 18.2 Å². The Morgan fingerprint density at radius 1 is 1.11 bits per heavy atom. The Kier molecular flexibility index (Phi) is 3.95. The second-order valence-corrected chi connectivity index (χ2v) is 4.23. The number of hydrogen-bond donors (Lipinski definition) is 1. The van der Waals surface area contributed by atoms with E-state index in [1.165, 1.54) is 12.1 Å². The molecule has 2 nitrogen and oxygen atoms in total. The molecule has 0 spiro atoms. The highest BCUT2D eigenvalue weighted by Gasteiger charge is 2.07. The first-order valence-electron chi connectivity index (χ1n) is 5.86. The third kappa shape index (κ3) is 3.08. The Labute approximate surface area is 106 Å². The summed E-state index contributed by atoms with van der Waals surface area (Å²) < 4.78 is 18.4. The molecule has 94 valence electrons. The molecule has 0 aromatic heterocycles. The summed E-state index contributed by atoms with van der Waals surface area (Å²) in [6.07, 6.45) is 0. The fraction of sp³-hybridized carbons (Fsp3) is 0.200. The van der Waals surface area contributed by atoms with Gasteiger partial charge in [0.15, 0.2) is 0 Å². The van der Waals surface area contributed by atoms with Gasteiger partial charge < -0.3 is 10.5 Å². The normalized spacial score (nSPS) is 12.2. The van der Waals surface area contributed by atoms with Gasteiger partial charge >= 0.3 is 0 Å². The van der Waals surface area contributed by atoms with E-state index >= 15 is 0 Å². The van der Waals surface area contributed by atoms with Gasteiger partial charge in [-0.05, 0) is 36.2 Å². The van der Waals surface area contributed by atoms with E-state index in [1.807, 2.05) is 31.2 Å². The van der Waals surface area contributed by atoms with Crippen molar-refractivity contribution >= 4 is 0 Å². The van der Waals surface area contributed by atoms with Gasteiger partial charge in [0.05, 0.1) is 6.04 Å². The maximum absolute atomic E-state index is 12.8. The Morgan fingerprint density at radius 3 is 2.44 bits per heavy atom. The van der Waals surface area contributed by atoms with Gasteiger partial charge in [-0.3, -0.25) is 0 Å². The molecule has 1 atom stereocenters. The molecule has 0 radical (unpaired) electrons. The zero-order chi connectivity index (χ0) is 13.0. The molecule has 0 aliphatic carbocycles. The first-order chi connectivity index (χ1) is 8.66. The maximum atomic E-state index is 12.8. The molecule has 0 saturated carbocycles. The highest BCUT2D eigenvalue weighted by molar-refractivity contribution is 5.32. The van der Waals surface area contributed by atoms with E-state index < -0.39 is 0 Å². The van der Waals surface area contributed by atoms with Gasteiger partial charge in [-0.1, -0.05) is 30.3 Å². The number of hydrogen-bond acceptors (Lipinski definition) is 2. The van der Waals surface area contributed by atoms with Crippen molar-refractivity contribution in [2.24, 2.45) is 5.73 Å². The average Bonchev–Trinajstić information content (AvgIpc) is 2.38. The molecule has 0 saturated heterocycles. The molecule has 3 heteroatoms. The lowest BCUT2D eigenvalue weighted by molar-refractivity contribution is 0.289. The monoisotopic (exact) mass is 245 g/mol. The third-order valence-corrected chi connectivity index (χ3v) is 2.81. The Hall–Kier alpha value is -1.87. The Bertz CT molecular complexity index is 510. The molecule has 2 aromatic carbocycles. The van der Waals surface area contributed by atoms with Gasteiger partial charge in [-0.15, -0.1) is 0 Å². The van der Waals surface area contributed by atoms with Crippen molar-refractivity contribution < 1.29 is 9.13 Å². The predicted octanol–water partition coefficient (Wildman–Crippen LogP) is 3.21.